The maximum Gasteiger partial charge on any atom is 0.269 e. The molecule has 1 aromatic heterocycles. The number of nitro groups is 1. The molecule has 132 valence electrons. The van der Waals surface area contributed by atoms with Gasteiger partial charge in [-0.15, -0.1) is 0 Å². The molecular weight excluding hydrogens is 339 g/mol. The first-order valence-corrected chi connectivity index (χ1v) is 7.78. The number of rotatable bonds is 5. The van der Waals surface area contributed by atoms with E-state index in [0.29, 0.717) is 22.8 Å². The summed E-state index contributed by atoms with van der Waals surface area (Å²) < 4.78 is 14.7. The molecule has 3 rings (SSSR count). The number of non-ortho nitro benzene ring substituents is 1. The van der Waals surface area contributed by atoms with E-state index in [4.69, 9.17) is 0 Å². The Morgan fingerprint density at radius 1 is 1.23 bits per heavy atom. The molecule has 7 nitrogen and oxygen atoms in total. The zero-order chi connectivity index (χ0) is 18.7. The summed E-state index contributed by atoms with van der Waals surface area (Å²) in [5.74, 6) is -0.293. The largest absolute Gasteiger partial charge is 0.310 e. The van der Waals surface area contributed by atoms with E-state index in [-0.39, 0.29) is 18.0 Å². The van der Waals surface area contributed by atoms with Gasteiger partial charge in [0, 0.05) is 18.2 Å². The lowest BCUT2D eigenvalue weighted by atomic mass is 10.1. The highest BCUT2D eigenvalue weighted by Crippen LogP contribution is 2.20. The first kappa shape index (κ1) is 17.3. The molecule has 3 aromatic rings. The molecule has 1 N–H and O–H groups in total. The fraction of sp³-hybridized carbons (Fsp3) is 0.111. The van der Waals surface area contributed by atoms with Gasteiger partial charge in [0.15, 0.2) is 0 Å². The highest BCUT2D eigenvalue weighted by molar-refractivity contribution is 5.91. The molecule has 8 heteroatoms. The molecule has 0 radical (unpaired) electrons. The Bertz CT molecular complexity index is 967. The summed E-state index contributed by atoms with van der Waals surface area (Å²) in [5, 5.41) is 17.8. The number of aryl methyl sites for hydroxylation is 1. The Labute approximate surface area is 148 Å². The minimum Gasteiger partial charge on any atom is -0.310 e. The monoisotopic (exact) mass is 354 g/mol. The molecule has 2 aromatic carbocycles. The van der Waals surface area contributed by atoms with Crippen LogP contribution in [0.15, 0.2) is 54.6 Å². The van der Waals surface area contributed by atoms with Gasteiger partial charge in [-0.3, -0.25) is 14.9 Å². The molecule has 0 bridgehead atoms. The van der Waals surface area contributed by atoms with Gasteiger partial charge in [0.25, 0.3) is 5.69 Å². The summed E-state index contributed by atoms with van der Waals surface area (Å²) >= 11 is 0. The predicted molar refractivity (Wildman–Crippen MR) is 93.7 cm³/mol. The number of hydrogen-bond acceptors (Lipinski definition) is 4. The predicted octanol–water partition coefficient (Wildman–Crippen LogP) is 3.41. The third kappa shape index (κ3) is 3.92. The van der Waals surface area contributed by atoms with Gasteiger partial charge in [-0.25, -0.2) is 9.07 Å². The van der Waals surface area contributed by atoms with Crippen molar-refractivity contribution in [1.29, 1.82) is 0 Å². The van der Waals surface area contributed by atoms with Crippen LogP contribution in [0, 0.1) is 22.9 Å². The smallest absolute Gasteiger partial charge is 0.269 e. The first-order valence-electron chi connectivity index (χ1n) is 7.78. The van der Waals surface area contributed by atoms with Crippen molar-refractivity contribution in [2.45, 2.75) is 13.3 Å². The topological polar surface area (TPSA) is 90.1 Å². The number of halogens is 1. The van der Waals surface area contributed by atoms with Crippen molar-refractivity contribution in [2.75, 3.05) is 5.32 Å². The van der Waals surface area contributed by atoms with Crippen molar-refractivity contribution >= 4 is 17.4 Å². The van der Waals surface area contributed by atoms with Crippen LogP contribution in [0.4, 0.5) is 15.9 Å². The summed E-state index contributed by atoms with van der Waals surface area (Å²) in [7, 11) is 0. The second-order valence-corrected chi connectivity index (χ2v) is 5.71. The average molecular weight is 354 g/mol. The maximum atomic E-state index is 13.2. The minimum absolute atomic E-state index is 0.0161. The number of nitro benzene ring substituents is 1. The van der Waals surface area contributed by atoms with Crippen molar-refractivity contribution in [2.24, 2.45) is 0 Å². The molecule has 0 aliphatic rings. The zero-order valence-electron chi connectivity index (χ0n) is 13.8. The van der Waals surface area contributed by atoms with E-state index in [0.717, 1.165) is 0 Å². The Morgan fingerprint density at radius 2 is 1.96 bits per heavy atom. The molecule has 0 saturated heterocycles. The lowest BCUT2D eigenvalue weighted by Crippen LogP contribution is -2.17. The van der Waals surface area contributed by atoms with E-state index >= 15 is 0 Å². The van der Waals surface area contributed by atoms with Gasteiger partial charge in [-0.2, -0.15) is 5.10 Å². The number of nitrogens with one attached hydrogen (secondary N) is 1. The summed E-state index contributed by atoms with van der Waals surface area (Å²) in [5.41, 5.74) is 1.77. The molecular formula is C18H15FN4O3. The summed E-state index contributed by atoms with van der Waals surface area (Å²) in [6.45, 7) is 1.77. The summed E-state index contributed by atoms with van der Waals surface area (Å²) in [6, 6.07) is 13.3. The van der Waals surface area contributed by atoms with Crippen molar-refractivity contribution in [3.8, 4) is 5.69 Å². The zero-order valence-corrected chi connectivity index (χ0v) is 13.8. The van der Waals surface area contributed by atoms with E-state index in [1.165, 1.54) is 28.9 Å². The van der Waals surface area contributed by atoms with E-state index in [9.17, 15) is 19.3 Å². The molecule has 1 amide bonds. The average Bonchev–Trinajstić information content (AvgIpc) is 2.95. The SMILES string of the molecule is Cc1cc(NC(=O)Cc2cccc(F)c2)n(-c2ccc([N+](=O)[O-])cc2)n1. The van der Waals surface area contributed by atoms with Gasteiger partial charge in [-0.1, -0.05) is 12.1 Å². The maximum absolute atomic E-state index is 13.2. The number of carbonyl (C=O) groups is 1. The van der Waals surface area contributed by atoms with Crippen LogP contribution < -0.4 is 5.32 Å². The van der Waals surface area contributed by atoms with E-state index in [2.05, 4.69) is 10.4 Å². The molecule has 0 aliphatic carbocycles. The van der Waals surface area contributed by atoms with Crippen LogP contribution in [0.25, 0.3) is 5.69 Å². The van der Waals surface area contributed by atoms with Gasteiger partial charge in [0.2, 0.25) is 5.91 Å². The number of nitrogens with zero attached hydrogens (tertiary/aromatic N) is 3. The number of amides is 1. The van der Waals surface area contributed by atoms with Crippen LogP contribution in [-0.4, -0.2) is 20.6 Å². The number of aromatic nitrogens is 2. The number of anilines is 1. The van der Waals surface area contributed by atoms with Crippen molar-refractivity contribution in [3.05, 3.63) is 81.8 Å². The molecule has 26 heavy (non-hydrogen) atoms. The molecule has 0 unspecified atom stereocenters. The Kier molecular flexibility index (Phi) is 4.74. The van der Waals surface area contributed by atoms with Crippen LogP contribution in [0.1, 0.15) is 11.3 Å². The Balaban J connectivity index is 1.80. The Morgan fingerprint density at radius 3 is 2.62 bits per heavy atom. The first-order chi connectivity index (χ1) is 12.4. The van der Waals surface area contributed by atoms with Gasteiger partial charge in [-0.05, 0) is 36.8 Å². The highest BCUT2D eigenvalue weighted by atomic mass is 19.1. The normalized spacial score (nSPS) is 10.5. The Hall–Kier alpha value is -3.55. The fourth-order valence-corrected chi connectivity index (χ4v) is 2.52. The van der Waals surface area contributed by atoms with Gasteiger partial charge < -0.3 is 5.32 Å². The lowest BCUT2D eigenvalue weighted by Gasteiger charge is -2.09. The van der Waals surface area contributed by atoms with Crippen molar-refractivity contribution < 1.29 is 14.1 Å². The summed E-state index contributed by atoms with van der Waals surface area (Å²) in [4.78, 5) is 22.5. The molecule has 0 fully saturated rings. The highest BCUT2D eigenvalue weighted by Gasteiger charge is 2.13. The number of benzene rings is 2. The van der Waals surface area contributed by atoms with E-state index < -0.39 is 10.7 Å². The van der Waals surface area contributed by atoms with Crippen LogP contribution in [-0.2, 0) is 11.2 Å². The quantitative estimate of drug-likeness (QED) is 0.561. The second kappa shape index (κ2) is 7.14. The van der Waals surface area contributed by atoms with Crippen LogP contribution >= 0.6 is 0 Å². The van der Waals surface area contributed by atoms with E-state index in [1.807, 2.05) is 0 Å². The molecule has 1 heterocycles. The van der Waals surface area contributed by atoms with Crippen LogP contribution in [0.2, 0.25) is 0 Å². The van der Waals surface area contributed by atoms with E-state index in [1.54, 1.807) is 37.3 Å². The minimum atomic E-state index is -0.486. The van der Waals surface area contributed by atoms with Gasteiger partial charge >= 0.3 is 0 Å². The molecule has 0 aliphatic heterocycles. The molecule has 0 saturated carbocycles. The standard InChI is InChI=1S/C18H15FN4O3/c1-12-9-17(20-18(24)11-13-3-2-4-14(19)10-13)22(21-12)15-5-7-16(8-6-15)23(25)26/h2-10H,11H2,1H3,(H,20,24). The van der Waals surface area contributed by atoms with Gasteiger partial charge in [0.1, 0.15) is 11.6 Å². The number of hydrogen-bond donors (Lipinski definition) is 1. The number of carbonyl (C=O) groups excluding carboxylic acids is 1. The van der Waals surface area contributed by atoms with Gasteiger partial charge in [0.05, 0.1) is 22.7 Å². The lowest BCUT2D eigenvalue weighted by molar-refractivity contribution is -0.384. The third-order valence-corrected chi connectivity index (χ3v) is 3.66. The van der Waals surface area contributed by atoms with Crippen LogP contribution in [0.3, 0.4) is 0 Å². The fourth-order valence-electron chi connectivity index (χ4n) is 2.52. The molecule has 0 atom stereocenters. The van der Waals surface area contributed by atoms with Crippen molar-refractivity contribution in [3.63, 3.8) is 0 Å². The summed E-state index contributed by atoms with van der Waals surface area (Å²) in [6.07, 6.45) is 0.0161. The third-order valence-electron chi connectivity index (χ3n) is 3.66. The van der Waals surface area contributed by atoms with Crippen LogP contribution in [0.5, 0.6) is 0 Å². The molecule has 0 spiro atoms. The van der Waals surface area contributed by atoms with Crippen molar-refractivity contribution in [1.82, 2.24) is 9.78 Å². The second-order valence-electron chi connectivity index (χ2n) is 5.71.